The van der Waals surface area contributed by atoms with Crippen molar-refractivity contribution in [3.05, 3.63) is 16.8 Å². The molecule has 0 aliphatic heterocycles. The van der Waals surface area contributed by atoms with Crippen molar-refractivity contribution >= 4 is 45.3 Å². The van der Waals surface area contributed by atoms with Crippen LogP contribution in [0.1, 0.15) is 37.6 Å². The summed E-state index contributed by atoms with van der Waals surface area (Å²) >= 11 is 3.07. The summed E-state index contributed by atoms with van der Waals surface area (Å²) < 4.78 is 0. The van der Waals surface area contributed by atoms with Gasteiger partial charge in [-0.15, -0.1) is 11.3 Å². The number of hydrogen-bond acceptors (Lipinski definition) is 6. The Morgan fingerprint density at radius 1 is 1.29 bits per heavy atom. The zero-order valence-electron chi connectivity index (χ0n) is 13.9. The molecule has 0 unspecified atom stereocenters. The number of rotatable bonds is 3. The van der Waals surface area contributed by atoms with Gasteiger partial charge in [-0.3, -0.25) is 10.1 Å². The van der Waals surface area contributed by atoms with Crippen LogP contribution >= 0.6 is 23.1 Å². The standard InChI is InChI=1S/C16H20N4O2S2/c1-16(2,3)20-15(22)19-11(21)7-23-13-12-9-5-4-6-10(9)24-14(12)18-8-17-13/h8H,4-7H2,1-3H3,(H2,19,20,21,22). The van der Waals surface area contributed by atoms with Crippen molar-refractivity contribution in [2.75, 3.05) is 5.75 Å². The van der Waals surface area contributed by atoms with Crippen LogP contribution in [0, 0.1) is 0 Å². The lowest BCUT2D eigenvalue weighted by molar-refractivity contribution is -0.117. The second-order valence-corrected chi connectivity index (χ2v) is 8.80. The van der Waals surface area contributed by atoms with Gasteiger partial charge < -0.3 is 5.32 Å². The van der Waals surface area contributed by atoms with Crippen LogP contribution in [0.25, 0.3) is 10.2 Å². The van der Waals surface area contributed by atoms with E-state index in [1.807, 2.05) is 20.8 Å². The van der Waals surface area contributed by atoms with Gasteiger partial charge in [0.2, 0.25) is 5.91 Å². The van der Waals surface area contributed by atoms with E-state index in [0.29, 0.717) is 0 Å². The van der Waals surface area contributed by atoms with Crippen LogP contribution in [0.5, 0.6) is 0 Å². The SMILES string of the molecule is CC(C)(C)NC(=O)NC(=O)CSc1ncnc2sc3c(c12)CCC3. The number of thiophene rings is 1. The maximum atomic E-state index is 12.0. The molecule has 2 aromatic rings. The van der Waals surface area contributed by atoms with Gasteiger partial charge in [0.25, 0.3) is 0 Å². The number of aryl methyl sites for hydroxylation is 2. The Hall–Kier alpha value is -1.67. The highest BCUT2D eigenvalue weighted by Gasteiger charge is 2.22. The van der Waals surface area contributed by atoms with E-state index in [4.69, 9.17) is 0 Å². The molecule has 3 rings (SSSR count). The van der Waals surface area contributed by atoms with Gasteiger partial charge in [0.15, 0.2) is 0 Å². The van der Waals surface area contributed by atoms with Gasteiger partial charge >= 0.3 is 6.03 Å². The Bertz CT molecular complexity index is 795. The van der Waals surface area contributed by atoms with Crippen LogP contribution in [0.3, 0.4) is 0 Å². The topological polar surface area (TPSA) is 84.0 Å². The summed E-state index contributed by atoms with van der Waals surface area (Å²) in [4.78, 5) is 34.8. The van der Waals surface area contributed by atoms with Crippen LogP contribution < -0.4 is 10.6 Å². The smallest absolute Gasteiger partial charge is 0.321 e. The average molecular weight is 364 g/mol. The summed E-state index contributed by atoms with van der Waals surface area (Å²) in [7, 11) is 0. The summed E-state index contributed by atoms with van der Waals surface area (Å²) in [5, 5.41) is 6.97. The number of aromatic nitrogens is 2. The molecule has 6 nitrogen and oxygen atoms in total. The van der Waals surface area contributed by atoms with Crippen LogP contribution in [0.15, 0.2) is 11.4 Å². The van der Waals surface area contributed by atoms with E-state index in [0.717, 1.165) is 28.1 Å². The third-order valence-electron chi connectivity index (χ3n) is 3.55. The Labute approximate surface area is 148 Å². The van der Waals surface area contributed by atoms with Crippen molar-refractivity contribution in [2.24, 2.45) is 0 Å². The minimum Gasteiger partial charge on any atom is -0.333 e. The van der Waals surface area contributed by atoms with Crippen LogP contribution in [0.2, 0.25) is 0 Å². The van der Waals surface area contributed by atoms with Gasteiger partial charge in [0.05, 0.1) is 5.75 Å². The minimum absolute atomic E-state index is 0.147. The van der Waals surface area contributed by atoms with Gasteiger partial charge in [-0.05, 0) is 45.6 Å². The first kappa shape index (κ1) is 17.2. The highest BCUT2D eigenvalue weighted by Crippen LogP contribution is 2.39. The Morgan fingerprint density at radius 3 is 2.83 bits per heavy atom. The predicted molar refractivity (Wildman–Crippen MR) is 96.6 cm³/mol. The van der Waals surface area contributed by atoms with E-state index in [-0.39, 0.29) is 17.2 Å². The first-order valence-corrected chi connectivity index (χ1v) is 9.64. The van der Waals surface area contributed by atoms with Crippen LogP contribution in [-0.2, 0) is 17.6 Å². The zero-order chi connectivity index (χ0) is 17.3. The lowest BCUT2D eigenvalue weighted by Crippen LogP contribution is -2.48. The van der Waals surface area contributed by atoms with E-state index in [9.17, 15) is 9.59 Å². The van der Waals surface area contributed by atoms with Crippen molar-refractivity contribution in [3.8, 4) is 0 Å². The monoisotopic (exact) mass is 364 g/mol. The van der Waals surface area contributed by atoms with Crippen LogP contribution in [0.4, 0.5) is 4.79 Å². The number of carbonyl (C=O) groups excluding carboxylic acids is 2. The highest BCUT2D eigenvalue weighted by atomic mass is 32.2. The number of carbonyl (C=O) groups is 2. The maximum absolute atomic E-state index is 12.0. The first-order chi connectivity index (χ1) is 11.3. The molecule has 0 saturated heterocycles. The maximum Gasteiger partial charge on any atom is 0.321 e. The second-order valence-electron chi connectivity index (χ2n) is 6.76. The normalized spacial score (nSPS) is 13.8. The van der Waals surface area contributed by atoms with E-state index < -0.39 is 6.03 Å². The summed E-state index contributed by atoms with van der Waals surface area (Å²) in [5.74, 6) is -0.186. The van der Waals surface area contributed by atoms with Gasteiger partial charge in [0, 0.05) is 15.8 Å². The summed E-state index contributed by atoms with van der Waals surface area (Å²) in [6, 6.07) is -0.475. The average Bonchev–Trinajstić information content (AvgIpc) is 3.03. The van der Waals surface area contributed by atoms with E-state index >= 15 is 0 Å². The molecular formula is C16H20N4O2S2. The number of imide groups is 1. The molecule has 1 aliphatic rings. The quantitative estimate of drug-likeness (QED) is 0.646. The van der Waals surface area contributed by atoms with Crippen molar-refractivity contribution in [1.82, 2.24) is 20.6 Å². The van der Waals surface area contributed by atoms with Crippen molar-refractivity contribution in [2.45, 2.75) is 50.6 Å². The fourth-order valence-electron chi connectivity index (χ4n) is 2.68. The summed E-state index contributed by atoms with van der Waals surface area (Å²) in [6.45, 7) is 5.59. The largest absolute Gasteiger partial charge is 0.333 e. The first-order valence-electron chi connectivity index (χ1n) is 7.83. The molecule has 0 spiro atoms. The fraction of sp³-hybridized carbons (Fsp3) is 0.500. The molecule has 0 bridgehead atoms. The number of thioether (sulfide) groups is 1. The molecule has 8 heteroatoms. The molecule has 24 heavy (non-hydrogen) atoms. The number of hydrogen-bond donors (Lipinski definition) is 2. The molecule has 0 fully saturated rings. The van der Waals surface area contributed by atoms with Crippen LogP contribution in [-0.4, -0.2) is 33.2 Å². The Morgan fingerprint density at radius 2 is 2.08 bits per heavy atom. The number of urea groups is 1. The Balaban J connectivity index is 1.66. The lowest BCUT2D eigenvalue weighted by Gasteiger charge is -2.20. The molecule has 2 aromatic heterocycles. The predicted octanol–water partition coefficient (Wildman–Crippen LogP) is 2.90. The molecule has 2 N–H and O–H groups in total. The zero-order valence-corrected chi connectivity index (χ0v) is 15.6. The molecule has 128 valence electrons. The van der Waals surface area contributed by atoms with Crippen molar-refractivity contribution in [1.29, 1.82) is 0 Å². The highest BCUT2D eigenvalue weighted by molar-refractivity contribution is 8.00. The molecule has 0 atom stereocenters. The summed E-state index contributed by atoms with van der Waals surface area (Å²) in [6.07, 6.45) is 4.87. The number of amides is 3. The third kappa shape index (κ3) is 3.87. The number of fused-ring (bicyclic) bond motifs is 3. The van der Waals surface area contributed by atoms with E-state index in [1.54, 1.807) is 17.7 Å². The third-order valence-corrected chi connectivity index (χ3v) is 5.74. The molecule has 0 radical (unpaired) electrons. The summed E-state index contributed by atoms with van der Waals surface area (Å²) in [5.41, 5.74) is 0.956. The molecule has 0 saturated carbocycles. The van der Waals surface area contributed by atoms with E-state index in [1.165, 1.54) is 28.6 Å². The fourth-order valence-corrected chi connectivity index (χ4v) is 4.80. The van der Waals surface area contributed by atoms with E-state index in [2.05, 4.69) is 20.6 Å². The van der Waals surface area contributed by atoms with Crippen molar-refractivity contribution < 1.29 is 9.59 Å². The van der Waals surface area contributed by atoms with Gasteiger partial charge in [-0.1, -0.05) is 11.8 Å². The second kappa shape index (κ2) is 6.68. The molecular weight excluding hydrogens is 344 g/mol. The molecule has 2 heterocycles. The molecule has 0 aromatic carbocycles. The minimum atomic E-state index is -0.475. The Kier molecular flexibility index (Phi) is 4.78. The van der Waals surface area contributed by atoms with Gasteiger partial charge in [-0.25, -0.2) is 14.8 Å². The molecule has 1 aliphatic carbocycles. The van der Waals surface area contributed by atoms with Gasteiger partial charge in [0.1, 0.15) is 16.2 Å². The number of nitrogens with one attached hydrogen (secondary N) is 2. The number of nitrogens with zero attached hydrogens (tertiary/aromatic N) is 2. The molecule has 3 amide bonds. The lowest BCUT2D eigenvalue weighted by atomic mass is 10.1. The van der Waals surface area contributed by atoms with Crippen molar-refractivity contribution in [3.63, 3.8) is 0 Å². The van der Waals surface area contributed by atoms with Gasteiger partial charge in [-0.2, -0.15) is 0 Å².